The number of hydrogen-bond acceptors (Lipinski definition) is 8. The quantitative estimate of drug-likeness (QED) is 0.144. The van der Waals surface area contributed by atoms with Crippen LogP contribution in [-0.4, -0.2) is 36.2 Å². The van der Waals surface area contributed by atoms with Crippen LogP contribution in [0.25, 0.3) is 16.2 Å². The summed E-state index contributed by atoms with van der Waals surface area (Å²) in [6, 6.07) is 9.74. The van der Waals surface area contributed by atoms with Gasteiger partial charge in [-0.05, 0) is 72.1 Å². The Balaban J connectivity index is 1.84. The van der Waals surface area contributed by atoms with E-state index < -0.39 is 50.3 Å². The van der Waals surface area contributed by atoms with Crippen molar-refractivity contribution in [2.45, 2.75) is 32.0 Å². The summed E-state index contributed by atoms with van der Waals surface area (Å²) in [5.41, 5.74) is -1.43. The smallest absolute Gasteiger partial charge is 0.432 e. The molecule has 1 heterocycles. The summed E-state index contributed by atoms with van der Waals surface area (Å²) in [7, 11) is -4.86. The third-order valence-corrected chi connectivity index (χ3v) is 7.63. The van der Waals surface area contributed by atoms with E-state index in [1.807, 2.05) is 0 Å². The van der Waals surface area contributed by atoms with Crippen LogP contribution < -0.4 is 10.1 Å². The molecule has 0 fully saturated rings. The molecule has 0 aliphatic carbocycles. The second kappa shape index (κ2) is 12.8. The lowest BCUT2D eigenvalue weighted by Crippen LogP contribution is -2.26. The fourth-order valence-corrected chi connectivity index (χ4v) is 5.79. The highest BCUT2D eigenvalue weighted by molar-refractivity contribution is 7.54. The summed E-state index contributed by atoms with van der Waals surface area (Å²) in [4.78, 5) is 35.6. The SMILES string of the molecule is CC(C)OC(=O)OCOP(=O)(O)C(C(=O)N/C=C/c1cccc(OC(F)(F)F)c1)c1csc2ccc(Cl)cc12. The highest BCUT2D eigenvalue weighted by atomic mass is 35.5. The molecule has 1 amide bonds. The molecule has 2 aromatic carbocycles. The average molecular weight is 608 g/mol. The number of benzene rings is 2. The summed E-state index contributed by atoms with van der Waals surface area (Å²) in [6.07, 6.45) is -4.19. The molecule has 39 heavy (non-hydrogen) atoms. The van der Waals surface area contributed by atoms with Crippen molar-refractivity contribution >= 4 is 58.8 Å². The Hall–Kier alpha value is -3.09. The lowest BCUT2D eigenvalue weighted by molar-refractivity contribution is -0.274. The molecule has 0 aliphatic heterocycles. The number of carbonyl (C=O) groups is 2. The standard InChI is InChI=1S/C24H22ClF3NO8PS/c1-14(2)36-23(31)34-13-35-38(32,33)21(19-12-39-20-7-6-16(25)11-18(19)20)22(30)29-9-8-15-4-3-5-17(10-15)37-24(26,27)28/h3-12,14,21H,13H2,1-2H3,(H,29,30)(H,32,33)/b9-8+. The second-order valence-corrected chi connectivity index (χ2v) is 11.3. The van der Waals surface area contributed by atoms with E-state index in [2.05, 4.69) is 14.8 Å². The number of carbonyl (C=O) groups excluding carboxylic acids is 2. The van der Waals surface area contributed by atoms with Crippen LogP contribution in [0.2, 0.25) is 5.02 Å². The molecule has 0 aliphatic rings. The normalized spacial score (nSPS) is 14.3. The van der Waals surface area contributed by atoms with Gasteiger partial charge in [-0.15, -0.1) is 24.5 Å². The molecule has 0 saturated heterocycles. The van der Waals surface area contributed by atoms with Gasteiger partial charge in [0, 0.05) is 15.9 Å². The summed E-state index contributed by atoms with van der Waals surface area (Å²) >= 11 is 7.28. The largest absolute Gasteiger partial charge is 0.573 e. The predicted octanol–water partition coefficient (Wildman–Crippen LogP) is 7.00. The van der Waals surface area contributed by atoms with Crippen molar-refractivity contribution in [1.29, 1.82) is 0 Å². The number of amides is 1. The van der Waals surface area contributed by atoms with Crippen LogP contribution in [0.5, 0.6) is 5.75 Å². The summed E-state index contributed by atoms with van der Waals surface area (Å²) in [5, 5.41) is 4.57. The molecule has 1 aromatic heterocycles. The summed E-state index contributed by atoms with van der Waals surface area (Å²) in [6.45, 7) is 2.16. The number of halogens is 4. The molecule has 3 aromatic rings. The van der Waals surface area contributed by atoms with E-state index in [4.69, 9.17) is 20.9 Å². The fraction of sp³-hybridized carbons (Fsp3) is 0.250. The van der Waals surface area contributed by atoms with E-state index in [1.165, 1.54) is 41.0 Å². The Kier molecular flexibility index (Phi) is 10.0. The van der Waals surface area contributed by atoms with E-state index >= 15 is 0 Å². The summed E-state index contributed by atoms with van der Waals surface area (Å²) in [5.74, 6) is -1.45. The monoisotopic (exact) mass is 607 g/mol. The number of ether oxygens (including phenoxy) is 3. The van der Waals surface area contributed by atoms with Gasteiger partial charge in [0.25, 0.3) is 0 Å². The van der Waals surface area contributed by atoms with Gasteiger partial charge in [-0.3, -0.25) is 13.9 Å². The molecular formula is C24H22ClF3NO8PS. The Labute approximate surface area is 229 Å². The van der Waals surface area contributed by atoms with Crippen LogP contribution in [-0.2, 0) is 23.4 Å². The lowest BCUT2D eigenvalue weighted by atomic mass is 10.1. The highest BCUT2D eigenvalue weighted by Gasteiger charge is 2.42. The minimum Gasteiger partial charge on any atom is -0.432 e. The van der Waals surface area contributed by atoms with Crippen LogP contribution in [0.3, 0.4) is 0 Å². The molecule has 0 radical (unpaired) electrons. The molecule has 0 saturated carbocycles. The molecule has 3 rings (SSSR count). The van der Waals surface area contributed by atoms with Crippen molar-refractivity contribution < 1.29 is 51.0 Å². The first-order valence-corrected chi connectivity index (χ1v) is 14.0. The summed E-state index contributed by atoms with van der Waals surface area (Å²) < 4.78 is 69.6. The predicted molar refractivity (Wildman–Crippen MR) is 138 cm³/mol. The van der Waals surface area contributed by atoms with Crippen LogP contribution in [0.1, 0.15) is 30.6 Å². The first-order valence-electron chi connectivity index (χ1n) is 11.0. The maximum Gasteiger partial charge on any atom is 0.573 e. The van der Waals surface area contributed by atoms with Crippen molar-refractivity contribution in [1.82, 2.24) is 5.32 Å². The number of hydrogen-bond donors (Lipinski definition) is 2. The molecule has 210 valence electrons. The van der Waals surface area contributed by atoms with Gasteiger partial charge in [-0.25, -0.2) is 4.79 Å². The van der Waals surface area contributed by atoms with Crippen molar-refractivity contribution in [3.8, 4) is 5.75 Å². The average Bonchev–Trinajstić information content (AvgIpc) is 3.20. The van der Waals surface area contributed by atoms with Gasteiger partial charge in [0.2, 0.25) is 12.7 Å². The zero-order chi connectivity index (χ0) is 28.8. The Morgan fingerprint density at radius 3 is 2.64 bits per heavy atom. The number of rotatable bonds is 10. The van der Waals surface area contributed by atoms with E-state index in [1.54, 1.807) is 26.0 Å². The fourth-order valence-electron chi connectivity index (χ4n) is 3.26. The first-order chi connectivity index (χ1) is 18.2. The highest BCUT2D eigenvalue weighted by Crippen LogP contribution is 2.58. The Bertz CT molecular complexity index is 1410. The number of fused-ring (bicyclic) bond motifs is 1. The van der Waals surface area contributed by atoms with Crippen molar-refractivity contribution in [3.63, 3.8) is 0 Å². The van der Waals surface area contributed by atoms with Crippen LogP contribution in [0, 0.1) is 0 Å². The van der Waals surface area contributed by atoms with Gasteiger partial charge in [0.15, 0.2) is 5.66 Å². The van der Waals surface area contributed by atoms with Crippen molar-refractivity contribution in [3.05, 3.63) is 70.2 Å². The number of thiophene rings is 1. The zero-order valence-corrected chi connectivity index (χ0v) is 22.8. The first kappa shape index (κ1) is 30.5. The van der Waals surface area contributed by atoms with Crippen LogP contribution in [0.15, 0.2) is 54.0 Å². The van der Waals surface area contributed by atoms with E-state index in [0.29, 0.717) is 15.1 Å². The number of alkyl halides is 3. The van der Waals surface area contributed by atoms with Gasteiger partial charge < -0.3 is 24.4 Å². The molecule has 0 spiro atoms. The molecule has 15 heteroatoms. The van der Waals surface area contributed by atoms with E-state index in [9.17, 15) is 32.2 Å². The van der Waals surface area contributed by atoms with E-state index in [0.717, 1.165) is 18.3 Å². The molecule has 2 unspecified atom stereocenters. The third kappa shape index (κ3) is 8.97. The van der Waals surface area contributed by atoms with Gasteiger partial charge in [0.1, 0.15) is 5.75 Å². The topological polar surface area (TPSA) is 120 Å². The Morgan fingerprint density at radius 1 is 1.21 bits per heavy atom. The molecule has 2 atom stereocenters. The third-order valence-electron chi connectivity index (χ3n) is 4.77. The molecule has 2 N–H and O–H groups in total. The Morgan fingerprint density at radius 2 is 1.95 bits per heavy atom. The van der Waals surface area contributed by atoms with Crippen LogP contribution in [0.4, 0.5) is 18.0 Å². The van der Waals surface area contributed by atoms with Gasteiger partial charge in [0.05, 0.1) is 6.10 Å². The van der Waals surface area contributed by atoms with Crippen molar-refractivity contribution in [2.24, 2.45) is 0 Å². The number of nitrogens with one attached hydrogen (secondary N) is 1. The van der Waals surface area contributed by atoms with Crippen molar-refractivity contribution in [2.75, 3.05) is 6.79 Å². The maximum absolute atomic E-state index is 13.3. The van der Waals surface area contributed by atoms with Gasteiger partial charge in [-0.1, -0.05) is 23.7 Å². The second-order valence-electron chi connectivity index (χ2n) is 8.07. The lowest BCUT2D eigenvalue weighted by Gasteiger charge is -2.21. The minimum atomic E-state index is -4.88. The van der Waals surface area contributed by atoms with E-state index in [-0.39, 0.29) is 11.1 Å². The minimum absolute atomic E-state index is 0.125. The molecular weight excluding hydrogens is 586 g/mol. The maximum atomic E-state index is 13.3. The van der Waals surface area contributed by atoms with Gasteiger partial charge in [-0.2, -0.15) is 0 Å². The molecule has 0 bridgehead atoms. The molecule has 9 nitrogen and oxygen atoms in total. The van der Waals surface area contributed by atoms with Crippen LogP contribution >= 0.6 is 30.5 Å². The van der Waals surface area contributed by atoms with Gasteiger partial charge >= 0.3 is 20.1 Å². The zero-order valence-electron chi connectivity index (χ0n) is 20.3.